The summed E-state index contributed by atoms with van der Waals surface area (Å²) in [4.78, 5) is 4.37. The molecule has 144 valence electrons. The molecular weight excluding hydrogens is 444 g/mol. The quantitative estimate of drug-likeness (QED) is 0.452. The highest BCUT2D eigenvalue weighted by Crippen LogP contribution is 2.37. The third kappa shape index (κ3) is 4.45. The van der Waals surface area contributed by atoms with Crippen molar-refractivity contribution in [1.82, 2.24) is 4.98 Å². The zero-order valence-electron chi connectivity index (χ0n) is 16.1. The third-order valence-corrected chi connectivity index (χ3v) is 6.40. The number of hydrogen-bond acceptors (Lipinski definition) is 5. The van der Waals surface area contributed by atoms with E-state index in [0.717, 1.165) is 15.6 Å². The molecule has 0 amide bonds. The fourth-order valence-electron chi connectivity index (χ4n) is 2.99. The van der Waals surface area contributed by atoms with Crippen LogP contribution in [0.25, 0.3) is 11.1 Å². The van der Waals surface area contributed by atoms with Crippen molar-refractivity contribution in [1.29, 1.82) is 10.5 Å². The molecule has 1 heterocycles. The van der Waals surface area contributed by atoms with Gasteiger partial charge in [0.15, 0.2) is 0 Å². The Hall–Kier alpha value is -2.80. The van der Waals surface area contributed by atoms with Crippen LogP contribution in [0.3, 0.4) is 0 Å². The second kappa shape index (κ2) is 9.13. The van der Waals surface area contributed by atoms with Gasteiger partial charge in [0.25, 0.3) is 0 Å². The van der Waals surface area contributed by atoms with Crippen LogP contribution in [0.4, 0.5) is 5.82 Å². The molecule has 2 N–H and O–H groups in total. The number of nitrogens with zero attached hydrogens (tertiary/aromatic N) is 3. The van der Waals surface area contributed by atoms with Gasteiger partial charge in [-0.2, -0.15) is 10.5 Å². The van der Waals surface area contributed by atoms with Gasteiger partial charge in [0.1, 0.15) is 28.5 Å². The van der Waals surface area contributed by atoms with Gasteiger partial charge in [-0.15, -0.1) is 11.8 Å². The van der Waals surface area contributed by atoms with Gasteiger partial charge in [0.2, 0.25) is 0 Å². The van der Waals surface area contributed by atoms with Crippen LogP contribution in [-0.2, 0) is 5.75 Å². The highest BCUT2D eigenvalue weighted by molar-refractivity contribution is 9.10. The van der Waals surface area contributed by atoms with E-state index < -0.39 is 0 Å². The van der Waals surface area contributed by atoms with Crippen molar-refractivity contribution in [2.24, 2.45) is 0 Å². The Bertz CT molecular complexity index is 1130. The van der Waals surface area contributed by atoms with Gasteiger partial charge in [-0.05, 0) is 28.7 Å². The minimum absolute atomic E-state index is 0.143. The van der Waals surface area contributed by atoms with Crippen molar-refractivity contribution in [3.8, 4) is 23.3 Å². The number of nitrogen functional groups attached to an aromatic ring is 1. The molecule has 0 bridgehead atoms. The van der Waals surface area contributed by atoms with Crippen LogP contribution in [-0.4, -0.2) is 4.98 Å². The Morgan fingerprint density at radius 2 is 1.69 bits per heavy atom. The van der Waals surface area contributed by atoms with E-state index in [1.165, 1.54) is 17.3 Å². The molecule has 6 heteroatoms. The number of anilines is 1. The molecule has 0 saturated carbocycles. The standard InChI is InChI=1S/C23H19BrN4S/c1-14(2)15-7-9-16(10-8-15)21-18(11-25)22(27)28-23(19(21)12-26)29-13-17-5-3-4-6-20(17)24/h3-10,14H,13H2,1-2H3,(H2,27,28). The maximum absolute atomic E-state index is 9.90. The molecule has 0 saturated heterocycles. The van der Waals surface area contributed by atoms with Gasteiger partial charge >= 0.3 is 0 Å². The molecular formula is C23H19BrN4S. The fraction of sp³-hybridized carbons (Fsp3) is 0.174. The number of aromatic nitrogens is 1. The largest absolute Gasteiger partial charge is 0.383 e. The molecule has 0 aliphatic rings. The molecule has 0 aliphatic carbocycles. The average Bonchev–Trinajstić information content (AvgIpc) is 2.72. The Balaban J connectivity index is 2.09. The van der Waals surface area contributed by atoms with Crippen LogP contribution in [0.2, 0.25) is 0 Å². The lowest BCUT2D eigenvalue weighted by atomic mass is 9.94. The SMILES string of the molecule is CC(C)c1ccc(-c2c(C#N)c(N)nc(SCc3ccccc3Br)c2C#N)cc1. The van der Waals surface area contributed by atoms with E-state index in [2.05, 4.69) is 46.9 Å². The Morgan fingerprint density at radius 1 is 1.03 bits per heavy atom. The van der Waals surface area contributed by atoms with Crippen LogP contribution in [0.1, 0.15) is 42.0 Å². The molecule has 0 radical (unpaired) electrons. The van der Waals surface area contributed by atoms with Crippen LogP contribution in [0.5, 0.6) is 0 Å². The lowest BCUT2D eigenvalue weighted by molar-refractivity contribution is 0.867. The van der Waals surface area contributed by atoms with Gasteiger partial charge in [0.05, 0.1) is 5.56 Å². The summed E-state index contributed by atoms with van der Waals surface area (Å²) in [5, 5.41) is 20.1. The first-order valence-electron chi connectivity index (χ1n) is 9.06. The van der Waals surface area contributed by atoms with Crippen molar-refractivity contribution in [3.63, 3.8) is 0 Å². The highest BCUT2D eigenvalue weighted by atomic mass is 79.9. The molecule has 2 aromatic carbocycles. The van der Waals surface area contributed by atoms with Crippen molar-refractivity contribution in [3.05, 3.63) is 75.3 Å². The normalized spacial score (nSPS) is 10.6. The first-order chi connectivity index (χ1) is 14.0. The molecule has 0 atom stereocenters. The van der Waals surface area contributed by atoms with Gasteiger partial charge in [-0.3, -0.25) is 0 Å². The van der Waals surface area contributed by atoms with Gasteiger partial charge in [-0.1, -0.05) is 72.2 Å². The zero-order chi connectivity index (χ0) is 21.0. The lowest BCUT2D eigenvalue weighted by Gasteiger charge is -2.14. The van der Waals surface area contributed by atoms with E-state index in [1.807, 2.05) is 48.5 Å². The van der Waals surface area contributed by atoms with E-state index >= 15 is 0 Å². The summed E-state index contributed by atoms with van der Waals surface area (Å²) in [7, 11) is 0. The predicted molar refractivity (Wildman–Crippen MR) is 121 cm³/mol. The van der Waals surface area contributed by atoms with E-state index in [-0.39, 0.29) is 11.4 Å². The summed E-state index contributed by atoms with van der Waals surface area (Å²) >= 11 is 4.98. The monoisotopic (exact) mass is 462 g/mol. The maximum Gasteiger partial charge on any atom is 0.143 e. The van der Waals surface area contributed by atoms with Gasteiger partial charge in [-0.25, -0.2) is 4.98 Å². The zero-order valence-corrected chi connectivity index (χ0v) is 18.5. The van der Waals surface area contributed by atoms with Crippen LogP contribution in [0.15, 0.2) is 58.0 Å². The summed E-state index contributed by atoms with van der Waals surface area (Å²) < 4.78 is 0.997. The summed E-state index contributed by atoms with van der Waals surface area (Å²) in [6, 6.07) is 20.2. The highest BCUT2D eigenvalue weighted by Gasteiger charge is 2.20. The van der Waals surface area contributed by atoms with E-state index in [1.54, 1.807) is 0 Å². The first-order valence-corrected chi connectivity index (χ1v) is 10.8. The van der Waals surface area contributed by atoms with Gasteiger partial charge in [0, 0.05) is 15.8 Å². The van der Waals surface area contributed by atoms with Crippen LogP contribution in [0, 0.1) is 22.7 Å². The molecule has 0 aliphatic heterocycles. The fourth-order valence-corrected chi connectivity index (χ4v) is 4.60. The smallest absolute Gasteiger partial charge is 0.143 e. The van der Waals surface area contributed by atoms with E-state index in [4.69, 9.17) is 5.73 Å². The lowest BCUT2D eigenvalue weighted by Crippen LogP contribution is -2.03. The Morgan fingerprint density at radius 3 is 2.28 bits per heavy atom. The number of halogens is 1. The molecule has 3 rings (SSSR count). The second-order valence-electron chi connectivity index (χ2n) is 6.81. The molecule has 0 spiro atoms. The second-order valence-corrected chi connectivity index (χ2v) is 8.63. The number of hydrogen-bond donors (Lipinski definition) is 1. The maximum atomic E-state index is 9.90. The van der Waals surface area contributed by atoms with Crippen molar-refractivity contribution in [2.75, 3.05) is 5.73 Å². The minimum Gasteiger partial charge on any atom is -0.383 e. The molecule has 4 nitrogen and oxygen atoms in total. The van der Waals surface area contributed by atoms with Crippen molar-refractivity contribution >= 4 is 33.5 Å². The topological polar surface area (TPSA) is 86.5 Å². The third-order valence-electron chi connectivity index (χ3n) is 4.60. The molecule has 0 fully saturated rings. The molecule has 0 unspecified atom stereocenters. The van der Waals surface area contributed by atoms with Crippen LogP contribution >= 0.6 is 27.7 Å². The number of rotatable bonds is 5. The molecule has 3 aromatic rings. The summed E-state index contributed by atoms with van der Waals surface area (Å²) in [6.45, 7) is 4.24. The van der Waals surface area contributed by atoms with E-state index in [9.17, 15) is 10.5 Å². The molecule has 29 heavy (non-hydrogen) atoms. The number of thioether (sulfide) groups is 1. The molecule has 1 aromatic heterocycles. The Labute approximate surface area is 183 Å². The Kier molecular flexibility index (Phi) is 6.59. The number of pyridine rings is 1. The summed E-state index contributed by atoms with van der Waals surface area (Å²) in [6.07, 6.45) is 0. The number of nitriles is 2. The van der Waals surface area contributed by atoms with Crippen LogP contribution < -0.4 is 5.73 Å². The minimum atomic E-state index is 0.143. The van der Waals surface area contributed by atoms with Crippen molar-refractivity contribution < 1.29 is 0 Å². The number of nitrogens with two attached hydrogens (primary N) is 1. The summed E-state index contributed by atoms with van der Waals surface area (Å²) in [5.74, 6) is 1.16. The summed E-state index contributed by atoms with van der Waals surface area (Å²) in [5.41, 5.74) is 10.3. The van der Waals surface area contributed by atoms with Gasteiger partial charge < -0.3 is 5.73 Å². The number of benzene rings is 2. The first kappa shape index (κ1) is 20.9. The van der Waals surface area contributed by atoms with Crippen molar-refractivity contribution in [2.45, 2.75) is 30.5 Å². The predicted octanol–water partition coefficient (Wildman–Crippen LogP) is 6.25. The van der Waals surface area contributed by atoms with E-state index in [0.29, 0.717) is 27.8 Å². The average molecular weight is 463 g/mol.